The summed E-state index contributed by atoms with van der Waals surface area (Å²) < 4.78 is 4.44. The number of rotatable bonds is 6. The van der Waals surface area contributed by atoms with Crippen molar-refractivity contribution in [1.82, 2.24) is 0 Å². The summed E-state index contributed by atoms with van der Waals surface area (Å²) in [5, 5.41) is 16.7. The van der Waals surface area contributed by atoms with E-state index in [-0.39, 0.29) is 5.96 Å². The van der Waals surface area contributed by atoms with Crippen molar-refractivity contribution in [2.24, 2.45) is 22.2 Å². The molecule has 0 aromatic rings. The van der Waals surface area contributed by atoms with Crippen LogP contribution in [-0.4, -0.2) is 36.1 Å². The van der Waals surface area contributed by atoms with Crippen LogP contribution in [0.3, 0.4) is 0 Å². The summed E-state index contributed by atoms with van der Waals surface area (Å²) in [5.74, 6) is 0.0247. The predicted molar refractivity (Wildman–Crippen MR) is 49.2 cm³/mol. The zero-order chi connectivity index (χ0) is 10.3. The van der Waals surface area contributed by atoms with Crippen molar-refractivity contribution in [2.45, 2.75) is 19.1 Å². The lowest BCUT2D eigenvalue weighted by molar-refractivity contribution is 0.115. The zero-order valence-corrected chi connectivity index (χ0v) is 7.26. The Kier molecular flexibility index (Phi) is 6.24. The van der Waals surface area contributed by atoms with Crippen molar-refractivity contribution in [1.29, 1.82) is 0 Å². The molecule has 8 heteroatoms. The molecule has 0 radical (unpaired) electrons. The van der Waals surface area contributed by atoms with E-state index in [4.69, 9.17) is 27.2 Å². The van der Waals surface area contributed by atoms with Crippen LogP contribution in [-0.2, 0) is 4.65 Å². The first-order valence-corrected chi connectivity index (χ1v) is 3.85. The Balaban J connectivity index is 3.37. The summed E-state index contributed by atoms with van der Waals surface area (Å²) in [6.45, 7) is 0.445. The summed E-state index contributed by atoms with van der Waals surface area (Å²) in [7, 11) is -1.84. The van der Waals surface area contributed by atoms with Gasteiger partial charge in [-0.3, -0.25) is 4.99 Å². The smallest absolute Gasteiger partial charge is 0.402 e. The van der Waals surface area contributed by atoms with Gasteiger partial charge in [0.1, 0.15) is 0 Å². The largest absolute Gasteiger partial charge is 0.635 e. The summed E-state index contributed by atoms with van der Waals surface area (Å²) in [6.07, 6.45) is 0.356. The number of nitrogens with zero attached hydrogens (tertiary/aromatic N) is 1. The fourth-order valence-electron chi connectivity index (χ4n) is 0.725. The molecular weight excluding hydrogens is 175 g/mol. The molecule has 0 unspecified atom stereocenters. The quantitative estimate of drug-likeness (QED) is 0.101. The second kappa shape index (κ2) is 6.67. The fraction of sp³-hybridized carbons (Fsp3) is 0.800. The molecule has 0 aromatic heterocycles. The minimum atomic E-state index is -1.84. The molecule has 7 nitrogen and oxygen atoms in total. The van der Waals surface area contributed by atoms with Gasteiger partial charge in [-0.1, -0.05) is 0 Å². The molecule has 0 bridgehead atoms. The standard InChI is InChI=1S/C5H15BN4O3/c7-4(13-6(11)12)2-1-3-10-5(8)9/h4,11-12H,1-3,7H2,(H4,8,9,10)/t4-/m1/s1. The molecule has 0 saturated heterocycles. The highest BCUT2D eigenvalue weighted by molar-refractivity contribution is 6.32. The van der Waals surface area contributed by atoms with Gasteiger partial charge in [0.2, 0.25) is 0 Å². The first-order valence-electron chi connectivity index (χ1n) is 3.85. The average molecular weight is 190 g/mol. The number of guanidine groups is 1. The monoisotopic (exact) mass is 190 g/mol. The minimum Gasteiger partial charge on any atom is -0.402 e. The Bertz CT molecular complexity index is 162. The molecule has 0 fully saturated rings. The van der Waals surface area contributed by atoms with E-state index in [1.54, 1.807) is 0 Å². The van der Waals surface area contributed by atoms with Gasteiger partial charge in [0.15, 0.2) is 5.96 Å². The predicted octanol–water partition coefficient (Wildman–Crippen LogP) is -2.69. The van der Waals surface area contributed by atoms with Crippen LogP contribution in [0.1, 0.15) is 12.8 Å². The summed E-state index contributed by atoms with van der Waals surface area (Å²) >= 11 is 0. The van der Waals surface area contributed by atoms with Crippen molar-refractivity contribution in [3.8, 4) is 0 Å². The van der Waals surface area contributed by atoms with E-state index in [0.717, 1.165) is 0 Å². The third-order valence-corrected chi connectivity index (χ3v) is 1.24. The minimum absolute atomic E-state index is 0.0247. The molecular formula is C5H15BN4O3. The highest BCUT2D eigenvalue weighted by Gasteiger charge is 2.13. The maximum atomic E-state index is 8.35. The molecule has 8 N–H and O–H groups in total. The Morgan fingerprint density at radius 3 is 2.54 bits per heavy atom. The molecule has 76 valence electrons. The molecule has 0 aromatic carbocycles. The first-order chi connectivity index (χ1) is 6.02. The van der Waals surface area contributed by atoms with Crippen molar-refractivity contribution >= 4 is 13.3 Å². The van der Waals surface area contributed by atoms with E-state index in [0.29, 0.717) is 19.4 Å². The van der Waals surface area contributed by atoms with Gasteiger partial charge in [0, 0.05) is 6.54 Å². The van der Waals surface area contributed by atoms with Crippen LogP contribution in [0, 0.1) is 0 Å². The van der Waals surface area contributed by atoms with Gasteiger partial charge in [-0.15, -0.1) is 0 Å². The second-order valence-electron chi connectivity index (χ2n) is 2.45. The van der Waals surface area contributed by atoms with Gasteiger partial charge >= 0.3 is 7.32 Å². The molecule has 0 amide bonds. The topological polar surface area (TPSA) is 140 Å². The maximum Gasteiger partial charge on any atom is 0.635 e. The van der Waals surface area contributed by atoms with Crippen LogP contribution < -0.4 is 17.2 Å². The van der Waals surface area contributed by atoms with Crippen LogP contribution in [0.4, 0.5) is 0 Å². The van der Waals surface area contributed by atoms with E-state index in [1.807, 2.05) is 0 Å². The lowest BCUT2D eigenvalue weighted by atomic mass is 10.2. The van der Waals surface area contributed by atoms with Crippen LogP contribution >= 0.6 is 0 Å². The normalized spacial score (nSPS) is 12.2. The molecule has 0 rings (SSSR count). The van der Waals surface area contributed by atoms with Gasteiger partial charge in [0.05, 0.1) is 6.23 Å². The number of hydrogen-bond acceptors (Lipinski definition) is 5. The fourth-order valence-corrected chi connectivity index (χ4v) is 0.725. The van der Waals surface area contributed by atoms with Crippen molar-refractivity contribution < 1.29 is 14.7 Å². The van der Waals surface area contributed by atoms with E-state index in [9.17, 15) is 0 Å². The zero-order valence-electron chi connectivity index (χ0n) is 7.26. The van der Waals surface area contributed by atoms with Crippen LogP contribution in [0.5, 0.6) is 0 Å². The van der Waals surface area contributed by atoms with Crippen molar-refractivity contribution in [3.05, 3.63) is 0 Å². The lowest BCUT2D eigenvalue weighted by Gasteiger charge is -2.10. The Morgan fingerprint density at radius 2 is 2.08 bits per heavy atom. The molecule has 0 aliphatic heterocycles. The van der Waals surface area contributed by atoms with Gasteiger partial charge in [-0.05, 0) is 12.8 Å². The molecule has 0 aliphatic rings. The van der Waals surface area contributed by atoms with Crippen LogP contribution in [0.2, 0.25) is 0 Å². The van der Waals surface area contributed by atoms with Crippen molar-refractivity contribution in [2.75, 3.05) is 6.54 Å². The SMILES string of the molecule is NC(N)=NCCC[C@H](N)OB(O)O. The molecule has 1 atom stereocenters. The van der Waals surface area contributed by atoms with E-state index in [1.165, 1.54) is 0 Å². The number of aliphatic imine (C=N–C) groups is 1. The summed E-state index contributed by atoms with van der Waals surface area (Å²) in [5.41, 5.74) is 15.5. The number of nitrogens with two attached hydrogens (primary N) is 3. The Hall–Kier alpha value is -0.825. The Labute approximate surface area is 76.7 Å². The first kappa shape index (κ1) is 12.2. The third kappa shape index (κ3) is 9.09. The van der Waals surface area contributed by atoms with E-state index < -0.39 is 13.5 Å². The molecule has 0 saturated carbocycles. The van der Waals surface area contributed by atoms with Gasteiger partial charge in [-0.25, -0.2) is 0 Å². The second-order valence-corrected chi connectivity index (χ2v) is 2.45. The lowest BCUT2D eigenvalue weighted by Crippen LogP contribution is -2.32. The number of hydrogen-bond donors (Lipinski definition) is 5. The van der Waals surface area contributed by atoms with Crippen LogP contribution in [0.15, 0.2) is 4.99 Å². The summed E-state index contributed by atoms with van der Waals surface area (Å²) in [6, 6.07) is 0. The molecule has 0 heterocycles. The summed E-state index contributed by atoms with van der Waals surface area (Å²) in [4.78, 5) is 3.71. The van der Waals surface area contributed by atoms with E-state index >= 15 is 0 Å². The Morgan fingerprint density at radius 1 is 1.46 bits per heavy atom. The molecule has 0 aliphatic carbocycles. The van der Waals surface area contributed by atoms with E-state index in [2.05, 4.69) is 9.65 Å². The van der Waals surface area contributed by atoms with Gasteiger partial charge < -0.3 is 31.9 Å². The molecule has 0 spiro atoms. The van der Waals surface area contributed by atoms with Crippen molar-refractivity contribution in [3.63, 3.8) is 0 Å². The highest BCUT2D eigenvalue weighted by Crippen LogP contribution is 1.96. The molecule has 13 heavy (non-hydrogen) atoms. The van der Waals surface area contributed by atoms with Crippen LogP contribution in [0.25, 0.3) is 0 Å². The maximum absolute atomic E-state index is 8.35. The van der Waals surface area contributed by atoms with Gasteiger partial charge in [-0.2, -0.15) is 0 Å². The third-order valence-electron chi connectivity index (χ3n) is 1.24. The van der Waals surface area contributed by atoms with Gasteiger partial charge in [0.25, 0.3) is 0 Å². The average Bonchev–Trinajstić information content (AvgIpc) is 1.96. The highest BCUT2D eigenvalue weighted by atomic mass is 16.6.